The minimum atomic E-state index is -0.928. The molecule has 1 atom stereocenters. The Morgan fingerprint density at radius 3 is 2.14 bits per heavy atom. The van der Waals surface area contributed by atoms with Gasteiger partial charge in [0, 0.05) is 18.4 Å². The highest BCUT2D eigenvalue weighted by Gasteiger charge is 2.51. The Hall–Kier alpha value is -1.96. The molecule has 1 saturated heterocycles. The fraction of sp³-hybridized carbons (Fsp3) is 0.636. The molecular formula is C22H32N2O5. The monoisotopic (exact) mass is 404 g/mol. The molecule has 1 aliphatic heterocycles. The number of amides is 1. The van der Waals surface area contributed by atoms with Crippen molar-refractivity contribution in [1.29, 1.82) is 0 Å². The van der Waals surface area contributed by atoms with Gasteiger partial charge in [0.15, 0.2) is 5.79 Å². The lowest BCUT2D eigenvalue weighted by molar-refractivity contribution is -0.188. The highest BCUT2D eigenvalue weighted by molar-refractivity contribution is 5.88. The molecule has 1 aromatic rings. The van der Waals surface area contributed by atoms with E-state index in [0.29, 0.717) is 38.9 Å². The molecule has 2 aliphatic rings. The lowest BCUT2D eigenvalue weighted by atomic mass is 9.76. The molecule has 1 amide bonds. The molecule has 0 aromatic heterocycles. The maximum Gasteiger partial charge on any atom is 0.327 e. The minimum Gasteiger partial charge on any atom is -0.468 e. The fourth-order valence-electron chi connectivity index (χ4n) is 4.06. The van der Waals surface area contributed by atoms with E-state index >= 15 is 0 Å². The number of benzene rings is 1. The van der Waals surface area contributed by atoms with Crippen LogP contribution in [0.4, 0.5) is 0 Å². The van der Waals surface area contributed by atoms with Crippen molar-refractivity contribution in [1.82, 2.24) is 10.6 Å². The molecule has 3 rings (SSSR count). The number of hydrogen-bond donors (Lipinski definition) is 2. The maximum absolute atomic E-state index is 13.4. The molecule has 7 nitrogen and oxygen atoms in total. The topological polar surface area (TPSA) is 85.9 Å². The van der Waals surface area contributed by atoms with Crippen LogP contribution in [-0.4, -0.2) is 49.1 Å². The van der Waals surface area contributed by atoms with Gasteiger partial charge in [-0.3, -0.25) is 10.1 Å². The van der Waals surface area contributed by atoms with Crippen LogP contribution in [0.1, 0.15) is 58.1 Å². The van der Waals surface area contributed by atoms with E-state index in [0.717, 1.165) is 5.56 Å². The van der Waals surface area contributed by atoms with Gasteiger partial charge in [-0.05, 0) is 39.2 Å². The standard InChI is InChI=1S/C22H32N2O5/c1-20(2,3)24-19(26)21(10-12-22(13-11-21)28-14-15-29-22)23-17(18(25)27-4)16-8-6-5-7-9-16/h5-9,17,23H,10-15H2,1-4H3,(H,24,26)/t17-/m0/s1. The van der Waals surface area contributed by atoms with Gasteiger partial charge >= 0.3 is 5.97 Å². The van der Waals surface area contributed by atoms with E-state index < -0.39 is 28.9 Å². The summed E-state index contributed by atoms with van der Waals surface area (Å²) in [5.41, 5.74) is -0.562. The molecule has 1 spiro atoms. The van der Waals surface area contributed by atoms with Gasteiger partial charge in [-0.1, -0.05) is 30.3 Å². The number of rotatable bonds is 5. The highest BCUT2D eigenvalue weighted by Crippen LogP contribution is 2.41. The summed E-state index contributed by atoms with van der Waals surface area (Å²) in [7, 11) is 1.36. The van der Waals surface area contributed by atoms with E-state index in [1.807, 2.05) is 51.1 Å². The first-order valence-corrected chi connectivity index (χ1v) is 10.2. The summed E-state index contributed by atoms with van der Waals surface area (Å²) in [6, 6.07) is 8.59. The fourth-order valence-corrected chi connectivity index (χ4v) is 4.06. The van der Waals surface area contributed by atoms with E-state index in [2.05, 4.69) is 10.6 Å². The molecule has 1 aromatic carbocycles. The van der Waals surface area contributed by atoms with E-state index in [9.17, 15) is 9.59 Å². The smallest absolute Gasteiger partial charge is 0.327 e. The molecule has 2 N–H and O–H groups in total. The van der Waals surface area contributed by atoms with Gasteiger partial charge in [-0.25, -0.2) is 4.79 Å². The number of methoxy groups -OCH3 is 1. The predicted octanol–water partition coefficient (Wildman–Crippen LogP) is 2.46. The molecule has 0 bridgehead atoms. The second-order valence-electron chi connectivity index (χ2n) is 8.91. The summed E-state index contributed by atoms with van der Waals surface area (Å²) in [6.45, 7) is 6.98. The number of ether oxygens (including phenoxy) is 3. The predicted molar refractivity (Wildman–Crippen MR) is 108 cm³/mol. The molecule has 1 aliphatic carbocycles. The van der Waals surface area contributed by atoms with E-state index in [1.165, 1.54) is 7.11 Å². The van der Waals surface area contributed by atoms with E-state index in [4.69, 9.17) is 14.2 Å². The molecule has 1 saturated carbocycles. The van der Waals surface area contributed by atoms with Gasteiger partial charge in [-0.15, -0.1) is 0 Å². The van der Waals surface area contributed by atoms with Crippen molar-refractivity contribution in [2.75, 3.05) is 20.3 Å². The molecule has 0 unspecified atom stereocenters. The van der Waals surface area contributed by atoms with Gasteiger partial charge in [0.05, 0.1) is 25.9 Å². The lowest BCUT2D eigenvalue weighted by Crippen LogP contribution is -2.64. The molecule has 29 heavy (non-hydrogen) atoms. The van der Waals surface area contributed by atoms with Crippen LogP contribution < -0.4 is 10.6 Å². The first kappa shape index (κ1) is 21.7. The maximum atomic E-state index is 13.4. The Morgan fingerprint density at radius 2 is 1.62 bits per heavy atom. The summed E-state index contributed by atoms with van der Waals surface area (Å²) in [4.78, 5) is 26.0. The van der Waals surface area contributed by atoms with E-state index in [1.54, 1.807) is 0 Å². The second-order valence-corrected chi connectivity index (χ2v) is 8.91. The van der Waals surface area contributed by atoms with E-state index in [-0.39, 0.29) is 5.91 Å². The molecule has 160 valence electrons. The second kappa shape index (κ2) is 8.42. The number of nitrogens with one attached hydrogen (secondary N) is 2. The zero-order chi connectivity index (χ0) is 21.1. The zero-order valence-corrected chi connectivity index (χ0v) is 17.7. The van der Waals surface area contributed by atoms with Gasteiger partial charge in [0.25, 0.3) is 0 Å². The minimum absolute atomic E-state index is 0.123. The molecule has 1 heterocycles. The Kier molecular flexibility index (Phi) is 6.31. The lowest BCUT2D eigenvalue weighted by Gasteiger charge is -2.45. The summed E-state index contributed by atoms with van der Waals surface area (Å²) in [6.07, 6.45) is 2.16. The SMILES string of the molecule is COC(=O)[C@@H](NC1(C(=O)NC(C)(C)C)CCC2(CC1)OCCO2)c1ccccc1. The van der Waals surface area contributed by atoms with Crippen LogP contribution in [0.3, 0.4) is 0 Å². The Labute approximate surface area is 172 Å². The highest BCUT2D eigenvalue weighted by atomic mass is 16.7. The van der Waals surface area contributed by atoms with Crippen LogP contribution >= 0.6 is 0 Å². The van der Waals surface area contributed by atoms with Crippen molar-refractivity contribution in [2.24, 2.45) is 0 Å². The molecule has 2 fully saturated rings. The van der Waals surface area contributed by atoms with Crippen LogP contribution in [0.5, 0.6) is 0 Å². The summed E-state index contributed by atoms with van der Waals surface area (Å²) in [5, 5.41) is 6.45. The van der Waals surface area contributed by atoms with Crippen LogP contribution in [-0.2, 0) is 23.8 Å². The Balaban J connectivity index is 1.89. The van der Waals surface area contributed by atoms with Crippen molar-refractivity contribution in [3.8, 4) is 0 Å². The molecule has 7 heteroatoms. The Bertz CT molecular complexity index is 712. The third-order valence-corrected chi connectivity index (χ3v) is 5.59. The van der Waals surface area contributed by atoms with Crippen molar-refractivity contribution in [2.45, 2.75) is 69.4 Å². The van der Waals surface area contributed by atoms with Crippen LogP contribution in [0.2, 0.25) is 0 Å². The van der Waals surface area contributed by atoms with Crippen molar-refractivity contribution in [3.05, 3.63) is 35.9 Å². The van der Waals surface area contributed by atoms with Gasteiger partial charge in [0.1, 0.15) is 6.04 Å². The van der Waals surface area contributed by atoms with Crippen LogP contribution in [0, 0.1) is 0 Å². The number of carbonyl (C=O) groups excluding carboxylic acids is 2. The van der Waals surface area contributed by atoms with Crippen molar-refractivity contribution < 1.29 is 23.8 Å². The van der Waals surface area contributed by atoms with Gasteiger partial charge < -0.3 is 19.5 Å². The number of carbonyl (C=O) groups is 2. The largest absolute Gasteiger partial charge is 0.468 e. The average Bonchev–Trinajstić information content (AvgIpc) is 3.15. The summed E-state index contributed by atoms with van der Waals surface area (Å²) in [5.74, 6) is -1.16. The average molecular weight is 405 g/mol. The third-order valence-electron chi connectivity index (χ3n) is 5.59. The van der Waals surface area contributed by atoms with Crippen LogP contribution in [0.15, 0.2) is 30.3 Å². The molecular weight excluding hydrogens is 372 g/mol. The summed E-state index contributed by atoms with van der Waals surface area (Å²) < 4.78 is 16.7. The quantitative estimate of drug-likeness (QED) is 0.734. The first-order valence-electron chi connectivity index (χ1n) is 10.2. The molecule has 0 radical (unpaired) electrons. The Morgan fingerprint density at radius 1 is 1.03 bits per heavy atom. The number of esters is 1. The van der Waals surface area contributed by atoms with Crippen molar-refractivity contribution in [3.63, 3.8) is 0 Å². The zero-order valence-electron chi connectivity index (χ0n) is 17.7. The van der Waals surface area contributed by atoms with Crippen LogP contribution in [0.25, 0.3) is 0 Å². The normalized spacial score (nSPS) is 21.5. The van der Waals surface area contributed by atoms with Gasteiger partial charge in [0.2, 0.25) is 5.91 Å². The van der Waals surface area contributed by atoms with Gasteiger partial charge in [-0.2, -0.15) is 0 Å². The van der Waals surface area contributed by atoms with Crippen molar-refractivity contribution >= 4 is 11.9 Å². The third kappa shape index (κ3) is 4.97. The first-order chi connectivity index (χ1) is 13.7. The number of hydrogen-bond acceptors (Lipinski definition) is 6. The summed E-state index contributed by atoms with van der Waals surface area (Å²) >= 11 is 0.